The molecule has 0 aliphatic rings. The Morgan fingerprint density at radius 1 is 0.760 bits per heavy atom. The monoisotopic (exact) mass is 400 g/mol. The first-order valence-corrected chi connectivity index (χ1v) is 9.58. The van der Waals surface area contributed by atoms with E-state index in [1.807, 2.05) is 0 Å². The maximum Gasteiger partial charge on any atom is 0.269 e. The Hall–Kier alpha value is -1.71. The largest absolute Gasteiger partial charge is 0.325 e. The Morgan fingerprint density at radius 2 is 1.12 bits per heavy atom. The lowest BCUT2D eigenvalue weighted by Crippen LogP contribution is -1.87. The summed E-state index contributed by atoms with van der Waals surface area (Å²) in [6.07, 6.45) is 0. The fourth-order valence-electron chi connectivity index (χ4n) is 1.61. The molecule has 0 unspecified atom stereocenters. The zero-order chi connectivity index (χ0) is 18.1. The molecule has 0 heterocycles. The van der Waals surface area contributed by atoms with Crippen LogP contribution in [0.5, 0.6) is 0 Å². The molecule has 0 N–H and O–H groups in total. The lowest BCUT2D eigenvalue weighted by Gasteiger charge is -2.05. The third-order valence-corrected chi connectivity index (χ3v) is 5.41. The summed E-state index contributed by atoms with van der Waals surface area (Å²) in [6.45, 7) is 0. The number of nitrogens with zero attached hydrogens (tertiary/aromatic N) is 2. The normalized spacial score (nSPS) is 10.6. The summed E-state index contributed by atoms with van der Waals surface area (Å²) >= 11 is 2.82. The van der Waals surface area contributed by atoms with Gasteiger partial charge in [0.1, 0.15) is 11.9 Å². The van der Waals surface area contributed by atoms with E-state index < -0.39 is 9.85 Å². The Bertz CT molecular complexity index is 653. The zero-order valence-electron chi connectivity index (χ0n) is 12.7. The highest BCUT2D eigenvalue weighted by molar-refractivity contribution is 7.99. The van der Waals surface area contributed by atoms with Gasteiger partial charge in [0.05, 0.1) is 9.85 Å². The van der Waals surface area contributed by atoms with Crippen LogP contribution in [0.3, 0.4) is 0 Å². The molecule has 0 aromatic heterocycles. The summed E-state index contributed by atoms with van der Waals surface area (Å²) in [5, 5.41) is 21.1. The number of benzene rings is 2. The first-order valence-electron chi connectivity index (χ1n) is 6.79. The van der Waals surface area contributed by atoms with E-state index in [9.17, 15) is 20.2 Å². The Kier molecular flexibility index (Phi) is 8.10. The molecular formula is C14H13N2O6PS2. The van der Waals surface area contributed by atoms with Crippen LogP contribution in [-0.4, -0.2) is 21.7 Å². The van der Waals surface area contributed by atoms with Gasteiger partial charge in [0.15, 0.2) is 9.03 Å². The highest BCUT2D eigenvalue weighted by Crippen LogP contribution is 2.27. The summed E-state index contributed by atoms with van der Waals surface area (Å²) in [5.41, 5.74) is 0.109. The van der Waals surface area contributed by atoms with Crippen molar-refractivity contribution in [1.29, 1.82) is 0 Å². The van der Waals surface area contributed by atoms with Crippen LogP contribution < -0.4 is 0 Å². The number of thioether (sulfide) groups is 2. The number of nitro benzene ring substituents is 2. The SMILES string of the molecule is O=[N+]([O-])c1ccc(SCOPOCSc2ccc([N+](=O)[O-])cc2)cc1. The van der Waals surface area contributed by atoms with Gasteiger partial charge in [-0.1, -0.05) is 23.5 Å². The molecule has 0 fully saturated rings. The molecule has 0 saturated carbocycles. The quantitative estimate of drug-likeness (QED) is 0.139. The van der Waals surface area contributed by atoms with E-state index >= 15 is 0 Å². The van der Waals surface area contributed by atoms with Gasteiger partial charge in [0.2, 0.25) is 0 Å². The van der Waals surface area contributed by atoms with Crippen molar-refractivity contribution in [2.24, 2.45) is 0 Å². The van der Waals surface area contributed by atoms with E-state index in [0.717, 1.165) is 9.79 Å². The van der Waals surface area contributed by atoms with Gasteiger partial charge in [0.25, 0.3) is 11.4 Å². The first kappa shape index (κ1) is 19.6. The first-order chi connectivity index (χ1) is 12.1. The molecule has 2 aromatic carbocycles. The van der Waals surface area contributed by atoms with Crippen molar-refractivity contribution in [1.82, 2.24) is 0 Å². The summed E-state index contributed by atoms with van der Waals surface area (Å²) in [4.78, 5) is 22.0. The molecular weight excluding hydrogens is 387 g/mol. The van der Waals surface area contributed by atoms with Crippen molar-refractivity contribution in [2.45, 2.75) is 9.79 Å². The number of nitro groups is 2. The molecule has 0 saturated heterocycles. The molecule has 8 nitrogen and oxygen atoms in total. The second kappa shape index (κ2) is 10.3. The van der Waals surface area contributed by atoms with Crippen molar-refractivity contribution in [2.75, 3.05) is 11.9 Å². The van der Waals surface area contributed by atoms with E-state index in [2.05, 4.69) is 0 Å². The van der Waals surface area contributed by atoms with Crippen LogP contribution in [0.15, 0.2) is 58.3 Å². The van der Waals surface area contributed by atoms with Crippen molar-refractivity contribution >= 4 is 43.9 Å². The minimum atomic E-state index is -0.442. The maximum absolute atomic E-state index is 10.5. The molecule has 2 rings (SSSR count). The Labute approximate surface area is 153 Å². The summed E-state index contributed by atoms with van der Waals surface area (Å²) < 4.78 is 10.7. The predicted octanol–water partition coefficient (Wildman–Crippen LogP) is 4.84. The van der Waals surface area contributed by atoms with Crippen LogP contribution in [0, 0.1) is 20.2 Å². The van der Waals surface area contributed by atoms with Crippen molar-refractivity contribution < 1.29 is 18.9 Å². The summed E-state index contributed by atoms with van der Waals surface area (Å²) in [5.74, 6) is 0.747. The number of rotatable bonds is 10. The molecule has 0 atom stereocenters. The number of hydrogen-bond donors (Lipinski definition) is 0. The molecule has 0 amide bonds. The lowest BCUT2D eigenvalue weighted by molar-refractivity contribution is -0.385. The van der Waals surface area contributed by atoms with Crippen LogP contribution in [0.4, 0.5) is 11.4 Å². The van der Waals surface area contributed by atoms with Crippen LogP contribution in [0.2, 0.25) is 0 Å². The summed E-state index contributed by atoms with van der Waals surface area (Å²) in [7, 11) is -0.135. The Balaban J connectivity index is 1.57. The summed E-state index contributed by atoms with van der Waals surface area (Å²) in [6, 6.07) is 12.5. The fourth-order valence-corrected chi connectivity index (χ4v) is 3.48. The maximum atomic E-state index is 10.5. The van der Waals surface area contributed by atoms with Gasteiger partial charge in [-0.05, 0) is 24.3 Å². The number of non-ortho nitro benzene ring substituents is 2. The second-order valence-electron chi connectivity index (χ2n) is 4.40. The minimum absolute atomic E-state index is 0.0544. The second-order valence-corrected chi connectivity index (χ2v) is 7.13. The number of hydrogen-bond acceptors (Lipinski definition) is 8. The third kappa shape index (κ3) is 6.97. The molecule has 0 aliphatic carbocycles. The van der Waals surface area contributed by atoms with E-state index in [-0.39, 0.29) is 20.4 Å². The molecule has 2 aromatic rings. The third-order valence-electron chi connectivity index (χ3n) is 2.78. The predicted molar refractivity (Wildman–Crippen MR) is 98.1 cm³/mol. The molecule has 11 heteroatoms. The molecule has 25 heavy (non-hydrogen) atoms. The molecule has 132 valence electrons. The highest BCUT2D eigenvalue weighted by atomic mass is 32.2. The van der Waals surface area contributed by atoms with E-state index in [4.69, 9.17) is 9.05 Å². The molecule has 0 spiro atoms. The average molecular weight is 400 g/mol. The van der Waals surface area contributed by atoms with E-state index in [0.29, 0.717) is 11.9 Å². The van der Waals surface area contributed by atoms with Crippen LogP contribution in [0.25, 0.3) is 0 Å². The topological polar surface area (TPSA) is 105 Å². The molecule has 0 radical (unpaired) electrons. The van der Waals surface area contributed by atoms with Gasteiger partial charge in [-0.3, -0.25) is 20.2 Å². The molecule has 0 bridgehead atoms. The zero-order valence-corrected chi connectivity index (χ0v) is 15.3. The van der Waals surface area contributed by atoms with Crippen LogP contribution in [0.1, 0.15) is 0 Å². The van der Waals surface area contributed by atoms with E-state index in [1.54, 1.807) is 24.3 Å². The van der Waals surface area contributed by atoms with Crippen LogP contribution >= 0.6 is 32.6 Å². The van der Waals surface area contributed by atoms with Gasteiger partial charge in [-0.2, -0.15) is 0 Å². The highest BCUT2D eigenvalue weighted by Gasteiger charge is 2.05. The van der Waals surface area contributed by atoms with Gasteiger partial charge >= 0.3 is 0 Å². The van der Waals surface area contributed by atoms with Gasteiger partial charge in [0, 0.05) is 34.1 Å². The van der Waals surface area contributed by atoms with Gasteiger partial charge in [-0.25, -0.2) is 0 Å². The van der Waals surface area contributed by atoms with Crippen LogP contribution in [-0.2, 0) is 9.05 Å². The standard InChI is InChI=1S/C14H13N2O6PS2/c17-15(18)11-1-5-13(6-2-11)24-9-21-23-22-10-25-14-7-3-12(4-8-14)16(19)20/h1-8,23H,9-10H2. The van der Waals surface area contributed by atoms with E-state index in [1.165, 1.54) is 47.8 Å². The minimum Gasteiger partial charge on any atom is -0.325 e. The van der Waals surface area contributed by atoms with Crippen molar-refractivity contribution in [3.05, 3.63) is 68.8 Å². The smallest absolute Gasteiger partial charge is 0.269 e. The van der Waals surface area contributed by atoms with Crippen molar-refractivity contribution in [3.63, 3.8) is 0 Å². The fraction of sp³-hybridized carbons (Fsp3) is 0.143. The van der Waals surface area contributed by atoms with Gasteiger partial charge < -0.3 is 9.05 Å². The average Bonchev–Trinajstić information content (AvgIpc) is 2.61. The molecule has 0 aliphatic heterocycles. The van der Waals surface area contributed by atoms with Crippen molar-refractivity contribution in [3.8, 4) is 0 Å². The van der Waals surface area contributed by atoms with Gasteiger partial charge in [-0.15, -0.1) is 0 Å². The Morgan fingerprint density at radius 3 is 1.44 bits per heavy atom. The lowest BCUT2D eigenvalue weighted by atomic mass is 10.3.